The number of amides is 1. The minimum Gasteiger partial charge on any atom is -0.341 e. The highest BCUT2D eigenvalue weighted by molar-refractivity contribution is 7.99. The SMILES string of the molecule is CCCCc1ccc(-n2nnnc2SCC(=O)N2CC3CC(C2)c2cccc(=O)n2C3)cc1. The van der Waals surface area contributed by atoms with Crippen LogP contribution in [0.15, 0.2) is 52.4 Å². The van der Waals surface area contributed by atoms with Crippen molar-refractivity contribution < 1.29 is 4.79 Å². The van der Waals surface area contributed by atoms with E-state index in [4.69, 9.17) is 0 Å². The van der Waals surface area contributed by atoms with Crippen LogP contribution in [-0.4, -0.2) is 54.4 Å². The van der Waals surface area contributed by atoms with E-state index in [9.17, 15) is 9.59 Å². The third kappa shape index (κ3) is 4.59. The molecule has 0 radical (unpaired) electrons. The number of tetrazole rings is 1. The Bertz CT molecular complexity index is 1190. The number of carbonyl (C=O) groups is 1. The number of piperidine rings is 1. The van der Waals surface area contributed by atoms with Crippen LogP contribution in [0.2, 0.25) is 0 Å². The van der Waals surface area contributed by atoms with Crippen molar-refractivity contribution in [2.24, 2.45) is 5.92 Å². The van der Waals surface area contributed by atoms with Crippen LogP contribution >= 0.6 is 11.8 Å². The highest BCUT2D eigenvalue weighted by Crippen LogP contribution is 2.35. The second-order valence-electron chi connectivity index (χ2n) is 8.93. The van der Waals surface area contributed by atoms with E-state index < -0.39 is 0 Å². The van der Waals surface area contributed by atoms with Gasteiger partial charge in [-0.2, -0.15) is 4.68 Å². The van der Waals surface area contributed by atoms with Gasteiger partial charge >= 0.3 is 0 Å². The van der Waals surface area contributed by atoms with Gasteiger partial charge in [-0.25, -0.2) is 0 Å². The van der Waals surface area contributed by atoms with Crippen LogP contribution < -0.4 is 5.56 Å². The quantitative estimate of drug-likeness (QED) is 0.500. The van der Waals surface area contributed by atoms with Crippen LogP contribution in [0.25, 0.3) is 5.69 Å². The zero-order chi connectivity index (χ0) is 22.8. The number of rotatable bonds is 7. The van der Waals surface area contributed by atoms with Crippen LogP contribution in [0, 0.1) is 5.92 Å². The molecular weight excluding hydrogens is 436 g/mol. The number of pyridine rings is 1. The van der Waals surface area contributed by atoms with Gasteiger partial charge < -0.3 is 9.47 Å². The van der Waals surface area contributed by atoms with E-state index >= 15 is 0 Å². The summed E-state index contributed by atoms with van der Waals surface area (Å²) in [6.45, 7) is 4.23. The van der Waals surface area contributed by atoms with Gasteiger partial charge in [-0.05, 0) is 59.4 Å². The highest BCUT2D eigenvalue weighted by atomic mass is 32.2. The number of hydrogen-bond donors (Lipinski definition) is 0. The molecule has 4 heterocycles. The molecule has 33 heavy (non-hydrogen) atoms. The summed E-state index contributed by atoms with van der Waals surface area (Å²) >= 11 is 1.36. The average molecular weight is 465 g/mol. The number of fused-ring (bicyclic) bond motifs is 4. The largest absolute Gasteiger partial charge is 0.341 e. The molecule has 2 aliphatic heterocycles. The molecule has 1 saturated heterocycles. The Hall–Kier alpha value is -2.94. The lowest BCUT2D eigenvalue weighted by atomic mass is 9.83. The van der Waals surface area contributed by atoms with E-state index in [1.807, 2.05) is 33.7 Å². The Morgan fingerprint density at radius 3 is 2.79 bits per heavy atom. The minimum absolute atomic E-state index is 0.0581. The molecule has 0 aliphatic carbocycles. The number of carbonyl (C=O) groups excluding carboxylic acids is 1. The summed E-state index contributed by atoms with van der Waals surface area (Å²) in [6, 6.07) is 13.7. The molecule has 8 nitrogen and oxygen atoms in total. The number of aromatic nitrogens is 5. The molecule has 0 spiro atoms. The van der Waals surface area contributed by atoms with Crippen molar-refractivity contribution >= 4 is 17.7 Å². The fraction of sp³-hybridized carbons (Fsp3) is 0.458. The summed E-state index contributed by atoms with van der Waals surface area (Å²) < 4.78 is 3.58. The molecule has 172 valence electrons. The highest BCUT2D eigenvalue weighted by Gasteiger charge is 2.36. The fourth-order valence-electron chi connectivity index (χ4n) is 4.93. The summed E-state index contributed by atoms with van der Waals surface area (Å²) in [6.07, 6.45) is 4.45. The number of thioether (sulfide) groups is 1. The van der Waals surface area contributed by atoms with Crippen LogP contribution in [0.4, 0.5) is 0 Å². The maximum Gasteiger partial charge on any atom is 0.250 e. The van der Waals surface area contributed by atoms with E-state index in [2.05, 4.69) is 34.6 Å². The monoisotopic (exact) mass is 464 g/mol. The summed E-state index contributed by atoms with van der Waals surface area (Å²) in [7, 11) is 0. The van der Waals surface area contributed by atoms with Crippen molar-refractivity contribution in [3.8, 4) is 5.69 Å². The van der Waals surface area contributed by atoms with Crippen molar-refractivity contribution in [2.45, 2.75) is 50.2 Å². The van der Waals surface area contributed by atoms with Gasteiger partial charge in [0.25, 0.3) is 5.56 Å². The van der Waals surface area contributed by atoms with Crippen LogP contribution in [0.5, 0.6) is 0 Å². The molecule has 2 aromatic heterocycles. The van der Waals surface area contributed by atoms with E-state index in [1.165, 1.54) is 30.2 Å². The van der Waals surface area contributed by atoms with Crippen molar-refractivity contribution in [1.29, 1.82) is 0 Å². The maximum atomic E-state index is 13.1. The Kier molecular flexibility index (Phi) is 6.30. The van der Waals surface area contributed by atoms with Crippen molar-refractivity contribution in [1.82, 2.24) is 29.7 Å². The molecule has 1 fully saturated rings. The second-order valence-corrected chi connectivity index (χ2v) is 9.87. The van der Waals surface area contributed by atoms with Gasteiger partial charge in [0.2, 0.25) is 11.1 Å². The van der Waals surface area contributed by atoms with Crippen molar-refractivity contribution in [2.75, 3.05) is 18.8 Å². The molecule has 3 aromatic rings. The minimum atomic E-state index is 0.0581. The number of unbranched alkanes of at least 4 members (excludes halogenated alkanes) is 1. The van der Waals surface area contributed by atoms with E-state index in [0.29, 0.717) is 30.7 Å². The standard InChI is InChI=1S/C24H28N6O2S/c1-2-3-5-17-8-10-20(11-9-17)30-24(25-26-27-30)33-16-23(32)28-13-18-12-19(15-28)21-6-4-7-22(31)29(21)14-18/h4,6-11,18-19H,2-3,5,12-16H2,1H3. The Morgan fingerprint density at radius 1 is 1.12 bits per heavy atom. The number of benzene rings is 1. The molecule has 0 N–H and O–H groups in total. The van der Waals surface area contributed by atoms with Gasteiger partial charge in [0, 0.05) is 37.3 Å². The zero-order valence-electron chi connectivity index (χ0n) is 18.8. The van der Waals surface area contributed by atoms with Crippen molar-refractivity contribution in [3.63, 3.8) is 0 Å². The summed E-state index contributed by atoms with van der Waals surface area (Å²) in [5.41, 5.74) is 3.31. The molecule has 2 unspecified atom stereocenters. The Labute approximate surface area is 197 Å². The summed E-state index contributed by atoms with van der Waals surface area (Å²) in [5, 5.41) is 12.7. The van der Waals surface area contributed by atoms with Gasteiger partial charge in [0.1, 0.15) is 0 Å². The molecule has 0 saturated carbocycles. The number of hydrogen-bond acceptors (Lipinski definition) is 6. The Morgan fingerprint density at radius 2 is 1.97 bits per heavy atom. The smallest absolute Gasteiger partial charge is 0.250 e. The molecule has 2 atom stereocenters. The second kappa shape index (κ2) is 9.51. The number of aryl methyl sites for hydroxylation is 1. The molecule has 2 aliphatic rings. The summed E-state index contributed by atoms with van der Waals surface area (Å²) in [5.74, 6) is 0.917. The topological polar surface area (TPSA) is 85.9 Å². The summed E-state index contributed by atoms with van der Waals surface area (Å²) in [4.78, 5) is 27.2. The molecule has 1 aromatic carbocycles. The fourth-order valence-corrected chi connectivity index (χ4v) is 5.73. The third-order valence-corrected chi connectivity index (χ3v) is 7.50. The van der Waals surface area contributed by atoms with Crippen LogP contribution in [0.3, 0.4) is 0 Å². The molecular formula is C24H28N6O2S. The zero-order valence-corrected chi connectivity index (χ0v) is 19.6. The van der Waals surface area contributed by atoms with Gasteiger partial charge in [-0.15, -0.1) is 5.10 Å². The first-order valence-electron chi connectivity index (χ1n) is 11.6. The predicted molar refractivity (Wildman–Crippen MR) is 127 cm³/mol. The Balaban J connectivity index is 1.23. The van der Waals surface area contributed by atoms with Crippen molar-refractivity contribution in [3.05, 3.63) is 64.1 Å². The lowest BCUT2D eigenvalue weighted by molar-refractivity contribution is -0.131. The normalized spacial score (nSPS) is 19.4. The van der Waals surface area contributed by atoms with Gasteiger partial charge in [0.05, 0.1) is 11.4 Å². The maximum absolute atomic E-state index is 13.1. The predicted octanol–water partition coefficient (Wildman–Crippen LogP) is 2.90. The number of likely N-dealkylation sites (tertiary alicyclic amines) is 1. The molecule has 1 amide bonds. The van der Waals surface area contributed by atoms with Gasteiger partial charge in [0.15, 0.2) is 0 Å². The van der Waals surface area contributed by atoms with E-state index in [-0.39, 0.29) is 23.1 Å². The molecule has 2 bridgehead atoms. The third-order valence-electron chi connectivity index (χ3n) is 6.60. The number of nitrogens with zero attached hydrogens (tertiary/aromatic N) is 6. The lowest BCUT2D eigenvalue weighted by Gasteiger charge is -2.42. The van der Waals surface area contributed by atoms with Gasteiger partial charge in [-0.1, -0.05) is 43.3 Å². The molecule has 9 heteroatoms. The first kappa shape index (κ1) is 21.9. The van der Waals surface area contributed by atoms with E-state index in [0.717, 1.165) is 24.2 Å². The first-order chi connectivity index (χ1) is 16.1. The lowest BCUT2D eigenvalue weighted by Crippen LogP contribution is -2.49. The van der Waals surface area contributed by atoms with E-state index in [1.54, 1.807) is 10.7 Å². The van der Waals surface area contributed by atoms with Crippen LogP contribution in [-0.2, 0) is 17.8 Å². The van der Waals surface area contributed by atoms with Gasteiger partial charge in [-0.3, -0.25) is 9.59 Å². The first-order valence-corrected chi connectivity index (χ1v) is 12.6. The molecule has 5 rings (SSSR count). The average Bonchev–Trinajstić information content (AvgIpc) is 3.31. The van der Waals surface area contributed by atoms with Crippen LogP contribution in [0.1, 0.15) is 43.4 Å².